The molecule has 2 atom stereocenters. The van der Waals surface area contributed by atoms with Crippen molar-refractivity contribution in [3.05, 3.63) is 35.6 Å². The van der Waals surface area contributed by atoms with E-state index in [1.54, 1.807) is 12.1 Å². The maximum Gasteiger partial charge on any atom is 0.234 e. The van der Waals surface area contributed by atoms with Crippen molar-refractivity contribution in [2.45, 2.75) is 25.2 Å². The Kier molecular flexibility index (Phi) is 5.55. The molecule has 0 bridgehead atoms. The van der Waals surface area contributed by atoms with Gasteiger partial charge in [-0.25, -0.2) is 4.39 Å². The van der Waals surface area contributed by atoms with Crippen LogP contribution in [0.25, 0.3) is 0 Å². The number of carbonyl (C=O) groups is 2. The third-order valence-electron chi connectivity index (χ3n) is 4.23. The molecule has 7 heteroatoms. The molecule has 0 aliphatic carbocycles. The number of likely N-dealkylation sites (tertiary alicyclic amines) is 1. The first kappa shape index (κ1) is 17.0. The molecule has 1 aromatic rings. The zero-order valence-corrected chi connectivity index (χ0v) is 13.5. The summed E-state index contributed by atoms with van der Waals surface area (Å²) in [5, 5.41) is 6.01. The van der Waals surface area contributed by atoms with Crippen molar-refractivity contribution in [3.63, 3.8) is 0 Å². The largest absolute Gasteiger partial charge is 0.353 e. The number of nitrogens with one attached hydrogen (secondary N) is 2. The van der Waals surface area contributed by atoms with Crippen molar-refractivity contribution in [1.29, 1.82) is 0 Å². The lowest BCUT2D eigenvalue weighted by Crippen LogP contribution is -2.44. The Hall–Kier alpha value is -1.83. The number of hydrogen-bond donors (Lipinski definition) is 2. The van der Waals surface area contributed by atoms with E-state index in [0.717, 1.165) is 18.5 Å². The summed E-state index contributed by atoms with van der Waals surface area (Å²) in [6, 6.07) is 6.27. The molecule has 3 rings (SSSR count). The van der Waals surface area contributed by atoms with E-state index in [-0.39, 0.29) is 36.4 Å². The second kappa shape index (κ2) is 7.83. The van der Waals surface area contributed by atoms with Crippen molar-refractivity contribution in [1.82, 2.24) is 15.5 Å². The van der Waals surface area contributed by atoms with Crippen molar-refractivity contribution < 1.29 is 18.7 Å². The Balaban J connectivity index is 1.41. The van der Waals surface area contributed by atoms with Gasteiger partial charge < -0.3 is 10.1 Å². The lowest BCUT2D eigenvalue weighted by molar-refractivity contribution is -0.126. The smallest absolute Gasteiger partial charge is 0.234 e. The van der Waals surface area contributed by atoms with Crippen LogP contribution in [0.4, 0.5) is 4.39 Å². The van der Waals surface area contributed by atoms with Gasteiger partial charge in [-0.05, 0) is 30.7 Å². The van der Waals surface area contributed by atoms with Gasteiger partial charge in [0.2, 0.25) is 5.91 Å². The topological polar surface area (TPSA) is 70.7 Å². The van der Waals surface area contributed by atoms with Crippen LogP contribution < -0.4 is 10.6 Å². The maximum absolute atomic E-state index is 13.3. The molecule has 2 aliphatic rings. The normalized spacial score (nSPS) is 25.0. The molecule has 2 N–H and O–H groups in total. The minimum atomic E-state index is -0.359. The molecule has 2 unspecified atom stereocenters. The van der Waals surface area contributed by atoms with Gasteiger partial charge in [-0.2, -0.15) is 0 Å². The first-order chi connectivity index (χ1) is 11.6. The van der Waals surface area contributed by atoms with E-state index in [1.165, 1.54) is 12.1 Å². The van der Waals surface area contributed by atoms with Gasteiger partial charge in [-0.15, -0.1) is 0 Å². The number of carbonyl (C=O) groups excluding carboxylic acids is 2. The Morgan fingerprint density at radius 1 is 1.46 bits per heavy atom. The number of ketones is 1. The van der Waals surface area contributed by atoms with Gasteiger partial charge in [0.1, 0.15) is 17.8 Å². The second-order valence-electron chi connectivity index (χ2n) is 6.26. The summed E-state index contributed by atoms with van der Waals surface area (Å²) in [7, 11) is 0. The number of halogens is 1. The molecular formula is C17H22FN3O3. The number of rotatable bonds is 5. The molecule has 0 spiro atoms. The third-order valence-corrected chi connectivity index (χ3v) is 4.23. The number of hydrogen-bond acceptors (Lipinski definition) is 5. The van der Waals surface area contributed by atoms with Gasteiger partial charge in [0.25, 0.3) is 0 Å². The highest BCUT2D eigenvalue weighted by Gasteiger charge is 2.26. The van der Waals surface area contributed by atoms with Gasteiger partial charge in [-0.3, -0.25) is 19.8 Å². The predicted molar refractivity (Wildman–Crippen MR) is 85.7 cm³/mol. The van der Waals surface area contributed by atoms with Crippen LogP contribution in [-0.4, -0.2) is 55.4 Å². The highest BCUT2D eigenvalue weighted by molar-refractivity contribution is 5.83. The SMILES string of the molecule is O=C1CCCN(CC(=O)NCC2CNC(c3cccc(F)c3)O2)C1. The molecule has 1 amide bonds. The van der Waals surface area contributed by atoms with Crippen LogP contribution in [0.3, 0.4) is 0 Å². The number of benzene rings is 1. The fourth-order valence-corrected chi connectivity index (χ4v) is 3.04. The minimum Gasteiger partial charge on any atom is -0.353 e. The quantitative estimate of drug-likeness (QED) is 0.824. The van der Waals surface area contributed by atoms with E-state index in [4.69, 9.17) is 4.74 Å². The lowest BCUT2D eigenvalue weighted by Gasteiger charge is -2.25. The van der Waals surface area contributed by atoms with E-state index in [9.17, 15) is 14.0 Å². The van der Waals surface area contributed by atoms with E-state index in [1.807, 2.05) is 4.90 Å². The molecule has 2 fully saturated rings. The summed E-state index contributed by atoms with van der Waals surface area (Å²) >= 11 is 0. The highest BCUT2D eigenvalue weighted by atomic mass is 19.1. The summed E-state index contributed by atoms with van der Waals surface area (Å²) in [4.78, 5) is 25.2. The molecule has 130 valence electrons. The zero-order chi connectivity index (χ0) is 16.9. The van der Waals surface area contributed by atoms with E-state index in [2.05, 4.69) is 10.6 Å². The average molecular weight is 335 g/mol. The van der Waals surface area contributed by atoms with Crippen LogP contribution in [0.2, 0.25) is 0 Å². The van der Waals surface area contributed by atoms with Gasteiger partial charge in [0.05, 0.1) is 19.2 Å². The number of Topliss-reactive ketones (excluding diaryl/α,β-unsaturated/α-hetero) is 1. The van der Waals surface area contributed by atoms with Crippen molar-refractivity contribution in [2.24, 2.45) is 0 Å². The van der Waals surface area contributed by atoms with Gasteiger partial charge >= 0.3 is 0 Å². The van der Waals surface area contributed by atoms with Crippen molar-refractivity contribution in [3.8, 4) is 0 Å². The number of ether oxygens (including phenoxy) is 1. The standard InChI is InChI=1S/C17H22FN3O3/c18-13-4-1-3-12(7-13)17-20-9-15(24-17)8-19-16(23)11-21-6-2-5-14(22)10-21/h1,3-4,7,15,17,20H,2,5-6,8-11H2,(H,19,23). The van der Waals surface area contributed by atoms with Gasteiger partial charge in [0.15, 0.2) is 0 Å². The molecule has 2 saturated heterocycles. The monoisotopic (exact) mass is 335 g/mol. The highest BCUT2D eigenvalue weighted by Crippen LogP contribution is 2.21. The van der Waals surface area contributed by atoms with Crippen molar-refractivity contribution >= 4 is 11.7 Å². The fraction of sp³-hybridized carbons (Fsp3) is 0.529. The van der Waals surface area contributed by atoms with Gasteiger partial charge in [-0.1, -0.05) is 12.1 Å². The second-order valence-corrected chi connectivity index (χ2v) is 6.26. The zero-order valence-electron chi connectivity index (χ0n) is 13.5. The third kappa shape index (κ3) is 4.59. The number of nitrogens with zero attached hydrogens (tertiary/aromatic N) is 1. The maximum atomic E-state index is 13.3. The van der Waals surface area contributed by atoms with Crippen LogP contribution in [0.1, 0.15) is 24.6 Å². The molecule has 2 heterocycles. The Morgan fingerprint density at radius 3 is 3.12 bits per heavy atom. The van der Waals surface area contributed by atoms with Crippen LogP contribution in [0.5, 0.6) is 0 Å². The number of piperidine rings is 1. The average Bonchev–Trinajstić information content (AvgIpc) is 3.02. The summed E-state index contributed by atoms with van der Waals surface area (Å²) in [5.74, 6) is -0.219. The minimum absolute atomic E-state index is 0.109. The molecule has 0 saturated carbocycles. The molecule has 0 radical (unpaired) electrons. The van der Waals surface area contributed by atoms with Crippen molar-refractivity contribution in [2.75, 3.05) is 32.7 Å². The van der Waals surface area contributed by atoms with Gasteiger partial charge in [0, 0.05) is 19.5 Å². The Morgan fingerprint density at radius 2 is 2.33 bits per heavy atom. The molecule has 1 aromatic carbocycles. The summed E-state index contributed by atoms with van der Waals surface area (Å²) < 4.78 is 19.1. The van der Waals surface area contributed by atoms with Crippen LogP contribution in [0, 0.1) is 5.82 Å². The first-order valence-electron chi connectivity index (χ1n) is 8.25. The molecule has 2 aliphatic heterocycles. The van der Waals surface area contributed by atoms with E-state index >= 15 is 0 Å². The summed E-state index contributed by atoms with van der Waals surface area (Å²) in [5.41, 5.74) is 0.732. The van der Waals surface area contributed by atoms with E-state index in [0.29, 0.717) is 26.1 Å². The van der Waals surface area contributed by atoms with Crippen LogP contribution >= 0.6 is 0 Å². The first-order valence-corrected chi connectivity index (χ1v) is 8.25. The summed E-state index contributed by atoms with van der Waals surface area (Å²) in [6.07, 6.45) is 0.908. The molecule has 24 heavy (non-hydrogen) atoms. The van der Waals surface area contributed by atoms with Crippen LogP contribution in [0.15, 0.2) is 24.3 Å². The molecular weight excluding hydrogens is 313 g/mol. The predicted octanol–water partition coefficient (Wildman–Crippen LogP) is 0.594. The molecule has 0 aromatic heterocycles. The lowest BCUT2D eigenvalue weighted by atomic mass is 10.1. The summed E-state index contributed by atoms with van der Waals surface area (Å²) in [6.45, 7) is 2.35. The Bertz CT molecular complexity index is 610. The van der Waals surface area contributed by atoms with Crippen LogP contribution in [-0.2, 0) is 14.3 Å². The Labute approximate surface area is 140 Å². The fourth-order valence-electron chi connectivity index (χ4n) is 3.04. The number of amides is 1. The molecule has 6 nitrogen and oxygen atoms in total. The van der Waals surface area contributed by atoms with E-state index < -0.39 is 0 Å².